The highest BCUT2D eigenvalue weighted by atomic mass is 19.1. The summed E-state index contributed by atoms with van der Waals surface area (Å²) in [6, 6.07) is 12.2. The van der Waals surface area contributed by atoms with Crippen LogP contribution in [-0.2, 0) is 14.3 Å². The van der Waals surface area contributed by atoms with Gasteiger partial charge < -0.3 is 9.47 Å². The van der Waals surface area contributed by atoms with E-state index in [4.69, 9.17) is 9.47 Å². The molecule has 0 saturated carbocycles. The van der Waals surface area contributed by atoms with Crippen LogP contribution in [-0.4, -0.2) is 31.5 Å². The van der Waals surface area contributed by atoms with Crippen molar-refractivity contribution >= 4 is 23.9 Å². The molecule has 6 nitrogen and oxygen atoms in total. The van der Waals surface area contributed by atoms with Crippen molar-refractivity contribution in [3.8, 4) is 5.75 Å². The van der Waals surface area contributed by atoms with Gasteiger partial charge in [0.05, 0.1) is 12.7 Å². The lowest BCUT2D eigenvalue weighted by molar-refractivity contribution is -0.143. The van der Waals surface area contributed by atoms with Crippen LogP contribution in [0.15, 0.2) is 54.6 Å². The van der Waals surface area contributed by atoms with Gasteiger partial charge in [0, 0.05) is 11.6 Å². The SMILES string of the molecule is COc1ccccc1C(=O)NC(=O)COC(=O)/C=C/c1ccccc1F. The molecule has 2 aromatic carbocycles. The zero-order valence-electron chi connectivity index (χ0n) is 13.9. The number of esters is 1. The van der Waals surface area contributed by atoms with Crippen LogP contribution in [0.1, 0.15) is 15.9 Å². The first kappa shape index (κ1) is 18.9. The number of halogens is 1. The second kappa shape index (κ2) is 9.12. The van der Waals surface area contributed by atoms with Crippen molar-refractivity contribution in [2.75, 3.05) is 13.7 Å². The average molecular weight is 357 g/mol. The third-order valence-electron chi connectivity index (χ3n) is 3.25. The van der Waals surface area contributed by atoms with Crippen LogP contribution in [0.5, 0.6) is 5.75 Å². The third kappa shape index (κ3) is 5.27. The third-order valence-corrected chi connectivity index (χ3v) is 3.25. The van der Waals surface area contributed by atoms with Gasteiger partial charge in [0.25, 0.3) is 11.8 Å². The summed E-state index contributed by atoms with van der Waals surface area (Å²) in [4.78, 5) is 35.3. The lowest BCUT2D eigenvalue weighted by atomic mass is 10.2. The number of hydrogen-bond acceptors (Lipinski definition) is 5. The molecule has 0 bridgehead atoms. The number of imide groups is 1. The first-order valence-electron chi connectivity index (χ1n) is 7.58. The van der Waals surface area contributed by atoms with E-state index in [0.717, 1.165) is 6.08 Å². The van der Waals surface area contributed by atoms with Crippen molar-refractivity contribution in [3.63, 3.8) is 0 Å². The van der Waals surface area contributed by atoms with Crippen LogP contribution < -0.4 is 10.1 Å². The van der Waals surface area contributed by atoms with E-state index in [2.05, 4.69) is 5.32 Å². The Hall–Kier alpha value is -3.48. The Bertz CT molecular complexity index is 847. The van der Waals surface area contributed by atoms with Crippen LogP contribution in [0.3, 0.4) is 0 Å². The molecule has 26 heavy (non-hydrogen) atoms. The van der Waals surface area contributed by atoms with Crippen LogP contribution in [0.25, 0.3) is 6.08 Å². The fourth-order valence-electron chi connectivity index (χ4n) is 2.02. The molecule has 0 unspecified atom stereocenters. The number of nitrogens with one attached hydrogen (secondary N) is 1. The zero-order valence-corrected chi connectivity index (χ0v) is 13.9. The Kier molecular flexibility index (Phi) is 6.61. The highest BCUT2D eigenvalue weighted by Gasteiger charge is 2.15. The fraction of sp³-hybridized carbons (Fsp3) is 0.105. The molecule has 0 aliphatic carbocycles. The average Bonchev–Trinajstić information content (AvgIpc) is 2.65. The zero-order chi connectivity index (χ0) is 18.9. The molecule has 0 heterocycles. The quantitative estimate of drug-likeness (QED) is 0.634. The molecule has 0 atom stereocenters. The number of benzene rings is 2. The van der Waals surface area contributed by atoms with Crippen molar-refractivity contribution in [2.24, 2.45) is 0 Å². The summed E-state index contributed by atoms with van der Waals surface area (Å²) in [5, 5.41) is 2.09. The van der Waals surface area contributed by atoms with Gasteiger partial charge in [0.2, 0.25) is 0 Å². The van der Waals surface area contributed by atoms with Crippen LogP contribution in [0.4, 0.5) is 4.39 Å². The van der Waals surface area contributed by atoms with E-state index in [9.17, 15) is 18.8 Å². The summed E-state index contributed by atoms with van der Waals surface area (Å²) in [6.07, 6.45) is 2.23. The Morgan fingerprint density at radius 1 is 1.08 bits per heavy atom. The Morgan fingerprint density at radius 3 is 2.50 bits per heavy atom. The maximum Gasteiger partial charge on any atom is 0.331 e. The molecule has 2 aromatic rings. The van der Waals surface area contributed by atoms with E-state index >= 15 is 0 Å². The summed E-state index contributed by atoms with van der Waals surface area (Å²) in [7, 11) is 1.40. The number of ether oxygens (including phenoxy) is 2. The van der Waals surface area contributed by atoms with Crippen LogP contribution >= 0.6 is 0 Å². The smallest absolute Gasteiger partial charge is 0.331 e. The molecule has 0 fully saturated rings. The van der Waals surface area contributed by atoms with Gasteiger partial charge in [-0.2, -0.15) is 0 Å². The molecular weight excluding hydrogens is 341 g/mol. The molecule has 0 aromatic heterocycles. The van der Waals surface area contributed by atoms with Crippen LogP contribution in [0.2, 0.25) is 0 Å². The molecule has 0 aliphatic rings. The maximum absolute atomic E-state index is 13.4. The van der Waals surface area contributed by atoms with E-state index in [-0.39, 0.29) is 11.1 Å². The number of rotatable bonds is 6. The van der Waals surface area contributed by atoms with Gasteiger partial charge in [-0.05, 0) is 24.3 Å². The molecule has 0 spiro atoms. The summed E-state index contributed by atoms with van der Waals surface area (Å²) in [5.41, 5.74) is 0.384. The molecule has 0 saturated heterocycles. The lowest BCUT2D eigenvalue weighted by Crippen LogP contribution is -2.34. The molecule has 0 radical (unpaired) electrons. The van der Waals surface area contributed by atoms with E-state index in [1.807, 2.05) is 0 Å². The van der Waals surface area contributed by atoms with Gasteiger partial charge in [-0.15, -0.1) is 0 Å². The molecule has 134 valence electrons. The number of methoxy groups -OCH3 is 1. The van der Waals surface area contributed by atoms with Crippen LogP contribution in [0, 0.1) is 5.82 Å². The maximum atomic E-state index is 13.4. The number of amides is 2. The molecule has 1 N–H and O–H groups in total. The highest BCUT2D eigenvalue weighted by molar-refractivity contribution is 6.06. The van der Waals surface area contributed by atoms with E-state index in [1.54, 1.807) is 24.3 Å². The van der Waals surface area contributed by atoms with Crippen molar-refractivity contribution in [3.05, 3.63) is 71.6 Å². The predicted octanol–water partition coefficient (Wildman–Crippen LogP) is 2.35. The molecule has 2 amide bonds. The topological polar surface area (TPSA) is 81.7 Å². The number of para-hydroxylation sites is 1. The minimum atomic E-state index is -0.840. The summed E-state index contributed by atoms with van der Waals surface area (Å²) < 4.78 is 23.2. The number of carbonyl (C=O) groups excluding carboxylic acids is 3. The standard InChI is InChI=1S/C19H16FNO5/c1-25-16-9-5-3-7-14(16)19(24)21-17(22)12-26-18(23)11-10-13-6-2-4-8-15(13)20/h2-11H,12H2,1H3,(H,21,22,24)/b11-10+. The number of carbonyl (C=O) groups is 3. The van der Waals surface area contributed by atoms with E-state index < -0.39 is 30.2 Å². The Morgan fingerprint density at radius 2 is 1.77 bits per heavy atom. The van der Waals surface area contributed by atoms with Gasteiger partial charge in [0.1, 0.15) is 11.6 Å². The van der Waals surface area contributed by atoms with Crippen molar-refractivity contribution in [1.82, 2.24) is 5.32 Å². The Labute approximate surface area is 149 Å². The largest absolute Gasteiger partial charge is 0.496 e. The first-order chi connectivity index (χ1) is 12.5. The normalized spacial score (nSPS) is 10.4. The van der Waals surface area contributed by atoms with Gasteiger partial charge in [-0.25, -0.2) is 9.18 Å². The minimum absolute atomic E-state index is 0.175. The van der Waals surface area contributed by atoms with Crippen molar-refractivity contribution in [2.45, 2.75) is 0 Å². The van der Waals surface area contributed by atoms with Gasteiger partial charge in [-0.3, -0.25) is 14.9 Å². The summed E-state index contributed by atoms with van der Waals surface area (Å²) in [6.45, 7) is -0.651. The van der Waals surface area contributed by atoms with E-state index in [0.29, 0.717) is 5.75 Å². The predicted molar refractivity (Wildman–Crippen MR) is 91.9 cm³/mol. The molecule has 2 rings (SSSR count). The van der Waals surface area contributed by atoms with Gasteiger partial charge in [-0.1, -0.05) is 30.3 Å². The molecular formula is C19H16FNO5. The fourth-order valence-corrected chi connectivity index (χ4v) is 2.02. The second-order valence-corrected chi connectivity index (χ2v) is 5.04. The first-order valence-corrected chi connectivity index (χ1v) is 7.58. The molecule has 0 aliphatic heterocycles. The van der Waals surface area contributed by atoms with Crippen molar-refractivity contribution in [1.29, 1.82) is 0 Å². The Balaban J connectivity index is 1.85. The lowest BCUT2D eigenvalue weighted by Gasteiger charge is -2.08. The van der Waals surface area contributed by atoms with E-state index in [1.165, 1.54) is 37.5 Å². The van der Waals surface area contributed by atoms with Gasteiger partial charge in [0.15, 0.2) is 6.61 Å². The second-order valence-electron chi connectivity index (χ2n) is 5.04. The number of hydrogen-bond donors (Lipinski definition) is 1. The summed E-state index contributed by atoms with van der Waals surface area (Å²) >= 11 is 0. The van der Waals surface area contributed by atoms with Gasteiger partial charge >= 0.3 is 5.97 Å². The summed E-state index contributed by atoms with van der Waals surface area (Å²) in [5.74, 6) is -2.49. The highest BCUT2D eigenvalue weighted by Crippen LogP contribution is 2.16. The monoisotopic (exact) mass is 357 g/mol. The van der Waals surface area contributed by atoms with Crippen molar-refractivity contribution < 1.29 is 28.2 Å². The minimum Gasteiger partial charge on any atom is -0.496 e. The molecule has 7 heteroatoms.